The Morgan fingerprint density at radius 2 is 2.03 bits per heavy atom. The quantitative estimate of drug-likeness (QED) is 0.494. The van der Waals surface area contributed by atoms with Gasteiger partial charge in [0.15, 0.2) is 5.13 Å². The standard InChI is InChI=1S/C20H14F3N3O2S/c1-2-10-6-7-14-15(8-10)29-19(25-14)26-18(28)12-9-24-16-11(17(12)27)4-3-5-13(16)20(21,22)23/h3-9H,2H2,1H3,(H,24,27)(H,25,26,28). The lowest BCUT2D eigenvalue weighted by Gasteiger charge is -2.10. The summed E-state index contributed by atoms with van der Waals surface area (Å²) in [6, 6.07) is 9.04. The second kappa shape index (κ2) is 7.00. The predicted octanol–water partition coefficient (Wildman–Crippen LogP) is 4.97. The molecule has 0 aliphatic heterocycles. The molecule has 2 aromatic carbocycles. The maximum Gasteiger partial charge on any atom is 0.418 e. The van der Waals surface area contributed by atoms with Crippen LogP contribution in [0.4, 0.5) is 18.3 Å². The van der Waals surface area contributed by atoms with Crippen molar-refractivity contribution in [2.75, 3.05) is 5.32 Å². The van der Waals surface area contributed by atoms with Crippen LogP contribution in [-0.2, 0) is 12.6 Å². The van der Waals surface area contributed by atoms with Gasteiger partial charge in [0.1, 0.15) is 5.56 Å². The van der Waals surface area contributed by atoms with Crippen molar-refractivity contribution in [1.82, 2.24) is 9.97 Å². The van der Waals surface area contributed by atoms with E-state index in [-0.39, 0.29) is 16.5 Å². The summed E-state index contributed by atoms with van der Waals surface area (Å²) in [5.74, 6) is -0.736. The van der Waals surface area contributed by atoms with Gasteiger partial charge in [0.05, 0.1) is 21.3 Å². The zero-order valence-corrected chi connectivity index (χ0v) is 15.9. The second-order valence-corrected chi connectivity index (χ2v) is 7.42. The Morgan fingerprint density at radius 3 is 2.76 bits per heavy atom. The fraction of sp³-hybridized carbons (Fsp3) is 0.150. The Hall–Kier alpha value is -3.20. The minimum atomic E-state index is -4.62. The summed E-state index contributed by atoms with van der Waals surface area (Å²) in [5, 5.41) is 2.66. The van der Waals surface area contributed by atoms with Gasteiger partial charge < -0.3 is 4.98 Å². The van der Waals surface area contributed by atoms with Crippen molar-refractivity contribution in [3.05, 3.63) is 69.5 Å². The highest BCUT2D eigenvalue weighted by Crippen LogP contribution is 2.33. The van der Waals surface area contributed by atoms with Gasteiger partial charge in [-0.25, -0.2) is 4.98 Å². The zero-order valence-electron chi connectivity index (χ0n) is 15.1. The maximum atomic E-state index is 13.1. The number of H-pyrrole nitrogens is 1. The van der Waals surface area contributed by atoms with Gasteiger partial charge >= 0.3 is 6.18 Å². The average molecular weight is 417 g/mol. The first-order valence-electron chi connectivity index (χ1n) is 8.70. The van der Waals surface area contributed by atoms with Crippen LogP contribution in [-0.4, -0.2) is 15.9 Å². The maximum absolute atomic E-state index is 13.1. The largest absolute Gasteiger partial charge is 0.418 e. The van der Waals surface area contributed by atoms with Crippen LogP contribution in [0.15, 0.2) is 47.4 Å². The van der Waals surface area contributed by atoms with Crippen LogP contribution in [0.1, 0.15) is 28.4 Å². The number of hydrogen-bond donors (Lipinski definition) is 2. The van der Waals surface area contributed by atoms with Gasteiger partial charge in [-0.3, -0.25) is 14.9 Å². The fourth-order valence-corrected chi connectivity index (χ4v) is 3.99. The number of carbonyl (C=O) groups is 1. The molecule has 29 heavy (non-hydrogen) atoms. The molecule has 0 saturated heterocycles. The Balaban J connectivity index is 1.70. The molecule has 0 bridgehead atoms. The number of halogens is 3. The molecule has 0 spiro atoms. The van der Waals surface area contributed by atoms with E-state index in [0.717, 1.165) is 35.0 Å². The Kier molecular flexibility index (Phi) is 4.62. The Morgan fingerprint density at radius 1 is 1.24 bits per heavy atom. The number of thiazole rings is 1. The van der Waals surface area contributed by atoms with Crippen molar-refractivity contribution in [1.29, 1.82) is 0 Å². The van der Waals surface area contributed by atoms with Crippen molar-refractivity contribution in [3.8, 4) is 0 Å². The molecular weight excluding hydrogens is 403 g/mol. The van der Waals surface area contributed by atoms with E-state index in [1.54, 1.807) is 0 Å². The van der Waals surface area contributed by atoms with Crippen molar-refractivity contribution >= 4 is 43.5 Å². The first kappa shape index (κ1) is 19.1. The third kappa shape index (κ3) is 3.49. The molecule has 2 N–H and O–H groups in total. The molecule has 0 radical (unpaired) electrons. The zero-order chi connectivity index (χ0) is 20.8. The summed E-state index contributed by atoms with van der Waals surface area (Å²) in [7, 11) is 0. The van der Waals surface area contributed by atoms with Crippen LogP contribution in [0.25, 0.3) is 21.1 Å². The number of nitrogens with one attached hydrogen (secondary N) is 2. The van der Waals surface area contributed by atoms with Gasteiger partial charge in [0.25, 0.3) is 5.91 Å². The lowest BCUT2D eigenvalue weighted by molar-refractivity contribution is -0.136. The molecule has 2 aromatic heterocycles. The molecule has 5 nitrogen and oxygen atoms in total. The summed E-state index contributed by atoms with van der Waals surface area (Å²) in [6.07, 6.45) is -2.76. The van der Waals surface area contributed by atoms with Crippen molar-refractivity contribution < 1.29 is 18.0 Å². The monoisotopic (exact) mass is 417 g/mol. The number of amides is 1. The van der Waals surface area contributed by atoms with Gasteiger partial charge in [0, 0.05) is 11.6 Å². The van der Waals surface area contributed by atoms with Crippen LogP contribution in [0.3, 0.4) is 0 Å². The Bertz CT molecular complexity index is 1310. The molecule has 0 fully saturated rings. The highest BCUT2D eigenvalue weighted by Gasteiger charge is 2.33. The van der Waals surface area contributed by atoms with Crippen LogP contribution in [0.5, 0.6) is 0 Å². The van der Waals surface area contributed by atoms with E-state index in [1.165, 1.54) is 17.4 Å². The number of nitrogens with zero attached hydrogens (tertiary/aromatic N) is 1. The van der Waals surface area contributed by atoms with E-state index in [0.29, 0.717) is 10.6 Å². The summed E-state index contributed by atoms with van der Waals surface area (Å²) < 4.78 is 40.3. The summed E-state index contributed by atoms with van der Waals surface area (Å²) in [6.45, 7) is 2.03. The van der Waals surface area contributed by atoms with E-state index < -0.39 is 23.1 Å². The molecule has 4 rings (SSSR count). The molecule has 0 aliphatic carbocycles. The van der Waals surface area contributed by atoms with Gasteiger partial charge in [-0.2, -0.15) is 13.2 Å². The normalized spacial score (nSPS) is 11.9. The molecule has 0 atom stereocenters. The molecule has 4 aromatic rings. The SMILES string of the molecule is CCc1ccc2nc(NC(=O)c3c[nH]c4c(C(F)(F)F)cccc4c3=O)sc2c1. The average Bonchev–Trinajstić information content (AvgIpc) is 3.08. The number of aromatic nitrogens is 2. The van der Waals surface area contributed by atoms with E-state index in [1.807, 2.05) is 25.1 Å². The van der Waals surface area contributed by atoms with Crippen LogP contribution in [0.2, 0.25) is 0 Å². The minimum absolute atomic E-state index is 0.204. The fourth-order valence-electron chi connectivity index (χ4n) is 3.06. The van der Waals surface area contributed by atoms with Gasteiger partial charge in [-0.15, -0.1) is 0 Å². The number of rotatable bonds is 3. The predicted molar refractivity (Wildman–Crippen MR) is 107 cm³/mol. The van der Waals surface area contributed by atoms with Crippen molar-refractivity contribution in [3.63, 3.8) is 0 Å². The third-order valence-corrected chi connectivity index (χ3v) is 5.48. The van der Waals surface area contributed by atoms with Gasteiger partial charge in [-0.1, -0.05) is 30.4 Å². The number of alkyl halides is 3. The highest BCUT2D eigenvalue weighted by atomic mass is 32.1. The molecule has 148 valence electrons. The molecule has 1 amide bonds. The van der Waals surface area contributed by atoms with Gasteiger partial charge in [0.2, 0.25) is 5.43 Å². The number of para-hydroxylation sites is 1. The van der Waals surface area contributed by atoms with E-state index in [4.69, 9.17) is 0 Å². The second-order valence-electron chi connectivity index (χ2n) is 6.39. The van der Waals surface area contributed by atoms with E-state index in [9.17, 15) is 22.8 Å². The number of aryl methyl sites for hydroxylation is 1. The number of aromatic amines is 1. The molecule has 0 aliphatic rings. The molecular formula is C20H14F3N3O2S. The molecule has 2 heterocycles. The summed E-state index contributed by atoms with van der Waals surface area (Å²) in [5.41, 5.74) is -0.539. The lowest BCUT2D eigenvalue weighted by Crippen LogP contribution is -2.22. The van der Waals surface area contributed by atoms with E-state index in [2.05, 4.69) is 15.3 Å². The number of anilines is 1. The minimum Gasteiger partial charge on any atom is -0.360 e. The number of hydrogen-bond acceptors (Lipinski definition) is 4. The lowest BCUT2D eigenvalue weighted by atomic mass is 10.1. The summed E-state index contributed by atoms with van der Waals surface area (Å²) >= 11 is 1.26. The summed E-state index contributed by atoms with van der Waals surface area (Å²) in [4.78, 5) is 32.0. The molecule has 9 heteroatoms. The number of fused-ring (bicyclic) bond motifs is 2. The number of carbonyl (C=O) groups excluding carboxylic acids is 1. The molecule has 0 unspecified atom stereocenters. The smallest absolute Gasteiger partial charge is 0.360 e. The highest BCUT2D eigenvalue weighted by molar-refractivity contribution is 7.22. The first-order valence-corrected chi connectivity index (χ1v) is 9.52. The third-order valence-electron chi connectivity index (χ3n) is 4.55. The molecule has 0 saturated carbocycles. The van der Waals surface area contributed by atoms with Crippen LogP contribution in [0, 0.1) is 0 Å². The van der Waals surface area contributed by atoms with Crippen LogP contribution < -0.4 is 10.7 Å². The topological polar surface area (TPSA) is 74.8 Å². The van der Waals surface area contributed by atoms with Crippen molar-refractivity contribution in [2.24, 2.45) is 0 Å². The van der Waals surface area contributed by atoms with Crippen LogP contribution >= 0.6 is 11.3 Å². The number of pyridine rings is 1. The van der Waals surface area contributed by atoms with Gasteiger partial charge in [-0.05, 0) is 36.2 Å². The van der Waals surface area contributed by atoms with Crippen molar-refractivity contribution in [2.45, 2.75) is 19.5 Å². The van der Waals surface area contributed by atoms with E-state index >= 15 is 0 Å². The number of benzene rings is 2. The Labute approximate surface area is 166 Å². The first-order chi connectivity index (χ1) is 13.8.